The van der Waals surface area contributed by atoms with Crippen LogP contribution in [0.25, 0.3) is 65.3 Å². The van der Waals surface area contributed by atoms with Gasteiger partial charge >= 0.3 is 0 Å². The molecule has 9 heterocycles. The molecule has 0 radical (unpaired) electrons. The molecule has 0 saturated heterocycles. The highest BCUT2D eigenvalue weighted by Gasteiger charge is 1.92. The van der Waals surface area contributed by atoms with Crippen LogP contribution < -0.4 is 0 Å². The van der Waals surface area contributed by atoms with Crippen LogP contribution in [0, 0.1) is 0 Å². The zero-order valence-corrected chi connectivity index (χ0v) is 50.1. The molecule has 12 heteroatoms. The molecule has 410 valence electrons. The summed E-state index contributed by atoms with van der Waals surface area (Å²) in [5, 5.41) is 10.5. The normalized spacial score (nSPS) is 8.90. The summed E-state index contributed by atoms with van der Waals surface area (Å²) in [6.07, 6.45) is 18.2. The predicted octanol–water partition coefficient (Wildman–Crippen LogP) is 20.4. The highest BCUT2D eigenvalue weighted by atomic mass is 32.1. The van der Waals surface area contributed by atoms with Gasteiger partial charge in [-0.1, -0.05) is 188 Å². The maximum absolute atomic E-state index is 4.12. The first-order valence-electron chi connectivity index (χ1n) is 27.3. The quantitative estimate of drug-likeness (QED) is 0.156. The molecule has 0 saturated carbocycles. The lowest BCUT2D eigenvalue weighted by Gasteiger charge is -1.90. The van der Waals surface area contributed by atoms with Crippen LogP contribution in [0.3, 0.4) is 0 Å². The van der Waals surface area contributed by atoms with Crippen LogP contribution in [0.4, 0.5) is 0 Å². The van der Waals surface area contributed by atoms with Gasteiger partial charge < -0.3 is 18.8 Å². The summed E-state index contributed by atoms with van der Waals surface area (Å²) < 4.78 is 5.32. The van der Waals surface area contributed by atoms with E-state index in [-0.39, 0.29) is 0 Å². The van der Waals surface area contributed by atoms with E-state index in [1.54, 1.807) is 60.1 Å². The van der Waals surface area contributed by atoms with Crippen molar-refractivity contribution in [2.75, 3.05) is 0 Å². The van der Waals surface area contributed by atoms with Gasteiger partial charge in [0, 0.05) is 54.3 Å². The minimum Gasteiger partial charge on any atom is -0.345 e. The maximum Gasteiger partial charge on any atom is 0.136 e. The Bertz CT molecular complexity index is 2770. The summed E-state index contributed by atoms with van der Waals surface area (Å²) >= 11 is 3.54. The van der Waals surface area contributed by atoms with E-state index in [9.17, 15) is 0 Å². The number of nitrogens with one attached hydrogen (secondary N) is 2. The van der Waals surface area contributed by atoms with E-state index in [0.717, 1.165) is 44.4 Å². The van der Waals surface area contributed by atoms with Crippen molar-refractivity contribution in [3.8, 4) is 0 Å². The molecule has 10 nitrogen and oxygen atoms in total. The van der Waals surface area contributed by atoms with E-state index in [1.165, 1.54) is 20.9 Å². The third-order valence-electron chi connectivity index (χ3n) is 9.38. The molecule has 0 bridgehead atoms. The summed E-state index contributed by atoms with van der Waals surface area (Å²) in [6.45, 7) is 28.0. The zero-order chi connectivity index (χ0) is 57.4. The van der Waals surface area contributed by atoms with Crippen LogP contribution in [-0.4, -0.2) is 48.7 Å². The minimum absolute atomic E-state index is 0.949. The average molecular weight is 1080 g/mol. The summed E-state index contributed by atoms with van der Waals surface area (Å²) in [4.78, 5) is 30.5. The predicted molar refractivity (Wildman–Crippen MR) is 345 cm³/mol. The number of aromatic amines is 2. The van der Waals surface area contributed by atoms with E-state index in [2.05, 4.69) is 111 Å². The first-order chi connectivity index (χ1) is 38.8. The number of imidazole rings is 4. The van der Waals surface area contributed by atoms with Crippen LogP contribution in [-0.2, 0) is 0 Å². The largest absolute Gasteiger partial charge is 0.345 e. The lowest BCUT2D eigenvalue weighted by Crippen LogP contribution is -1.78. The van der Waals surface area contributed by atoms with Crippen LogP contribution in [0.1, 0.15) is 96.9 Å². The van der Waals surface area contributed by atoms with Crippen molar-refractivity contribution in [3.05, 3.63) is 242 Å². The number of aromatic nitrogens is 10. The molecular weight excluding hydrogens is 997 g/mol. The zero-order valence-electron chi connectivity index (χ0n) is 48.5. The first kappa shape index (κ1) is 67.7. The molecule has 78 heavy (non-hydrogen) atoms. The first-order valence-corrected chi connectivity index (χ1v) is 29.1. The number of fused-ring (bicyclic) bond motifs is 7. The molecule has 5 aromatic carbocycles. The van der Waals surface area contributed by atoms with Gasteiger partial charge in [-0.15, -0.1) is 11.3 Å². The van der Waals surface area contributed by atoms with Gasteiger partial charge in [-0.05, 0) is 105 Å². The third kappa shape index (κ3) is 24.1. The van der Waals surface area contributed by atoms with Crippen molar-refractivity contribution < 1.29 is 0 Å². The number of hydrogen-bond acceptors (Lipinski definition) is 8. The highest BCUT2D eigenvalue weighted by molar-refractivity contribution is 7.17. The SMILES string of the molecule is CC.CC.CC.CC.CC.CC.CC.c1ccc2[nH]cnc2c1.c1ccc2[nH]cnc2c1.c1ccc2cscc2c1.c1ccc2nccnc2c1.c1ccc2sccc2c1.c1ccn2ccnc2c1.c1ccn2ccnc2c1. The van der Waals surface area contributed by atoms with Gasteiger partial charge in [-0.25, -0.2) is 19.9 Å². The van der Waals surface area contributed by atoms with Crippen molar-refractivity contribution in [2.24, 2.45) is 0 Å². The van der Waals surface area contributed by atoms with Gasteiger partial charge in [0.2, 0.25) is 0 Å². The molecule has 0 aliphatic heterocycles. The van der Waals surface area contributed by atoms with E-state index in [0.29, 0.717) is 0 Å². The second-order valence-electron chi connectivity index (χ2n) is 13.6. The Morgan fingerprint density at radius 2 is 0.692 bits per heavy atom. The molecule has 0 amide bonds. The molecule has 9 aromatic heterocycles. The number of hydrogen-bond donors (Lipinski definition) is 2. The van der Waals surface area contributed by atoms with Crippen LogP contribution in [0.2, 0.25) is 0 Å². The van der Waals surface area contributed by atoms with Crippen molar-refractivity contribution in [1.29, 1.82) is 0 Å². The lowest BCUT2D eigenvalue weighted by molar-refractivity contribution is 1.19. The fourth-order valence-electron chi connectivity index (χ4n) is 6.21. The third-order valence-corrected chi connectivity index (χ3v) is 11.1. The standard InChI is InChI=1S/C8H6N2.2C8H6S.4C7H6N2.7C2H6/c1-2-4-8-7(3-1)9-5-6-10-8;1-2-4-8-6-9-5-7(8)3-1;1-2-4-8-7(3-1)5-6-9-8;2*1-2-5-9-6-4-8-7(9)3-1;2*1-2-4-7-6(3-1)8-5-9-7;7*1-2/h1-6H;4*1-6H;2*1-5H,(H,8,9);7*1-2H3. The number of rotatable bonds is 0. The Morgan fingerprint density at radius 1 is 0.321 bits per heavy atom. The highest BCUT2D eigenvalue weighted by Crippen LogP contribution is 2.19. The molecule has 0 fully saturated rings. The Kier molecular flexibility index (Phi) is 39.0. The topological polar surface area (TPSA) is 118 Å². The molecule has 0 unspecified atom stereocenters. The van der Waals surface area contributed by atoms with Crippen molar-refractivity contribution in [2.45, 2.75) is 96.9 Å². The molecule has 2 N–H and O–H groups in total. The lowest BCUT2D eigenvalue weighted by atomic mass is 10.2. The van der Waals surface area contributed by atoms with Crippen LogP contribution in [0.15, 0.2) is 242 Å². The smallest absolute Gasteiger partial charge is 0.136 e. The van der Waals surface area contributed by atoms with E-state index in [1.807, 2.05) is 240 Å². The Labute approximate surface area is 473 Å². The number of H-pyrrole nitrogens is 2. The summed E-state index contributed by atoms with van der Waals surface area (Å²) in [6, 6.07) is 54.5. The number of nitrogens with zero attached hydrogens (tertiary/aromatic N) is 8. The minimum atomic E-state index is 0.949. The van der Waals surface area contributed by atoms with Gasteiger partial charge in [0.1, 0.15) is 11.3 Å². The maximum atomic E-state index is 4.12. The van der Waals surface area contributed by atoms with Crippen molar-refractivity contribution >= 4 is 87.9 Å². The van der Waals surface area contributed by atoms with Crippen molar-refractivity contribution in [1.82, 2.24) is 48.7 Å². The van der Waals surface area contributed by atoms with Gasteiger partial charge in [0.25, 0.3) is 0 Å². The molecular formula is C66H84N10S2. The van der Waals surface area contributed by atoms with E-state index < -0.39 is 0 Å². The fourth-order valence-corrected chi connectivity index (χ4v) is 7.79. The molecule has 14 aromatic rings. The Morgan fingerprint density at radius 3 is 1.10 bits per heavy atom. The van der Waals surface area contributed by atoms with Gasteiger partial charge in [0.15, 0.2) is 0 Å². The summed E-state index contributed by atoms with van der Waals surface area (Å²) in [5.41, 5.74) is 8.13. The molecule has 0 aliphatic rings. The van der Waals surface area contributed by atoms with Gasteiger partial charge in [-0.2, -0.15) is 11.3 Å². The number of thiophene rings is 2. The van der Waals surface area contributed by atoms with Crippen molar-refractivity contribution in [3.63, 3.8) is 0 Å². The van der Waals surface area contributed by atoms with E-state index in [4.69, 9.17) is 0 Å². The monoisotopic (exact) mass is 1080 g/mol. The number of para-hydroxylation sites is 6. The summed E-state index contributed by atoms with van der Waals surface area (Å²) in [5.74, 6) is 0. The van der Waals surface area contributed by atoms with Crippen LogP contribution in [0.5, 0.6) is 0 Å². The number of pyridine rings is 2. The molecule has 0 atom stereocenters. The second kappa shape index (κ2) is 44.9. The number of benzene rings is 5. The Balaban J connectivity index is 0.000000438. The van der Waals surface area contributed by atoms with Gasteiger partial charge in [0.05, 0.1) is 45.8 Å². The van der Waals surface area contributed by atoms with Gasteiger partial charge in [-0.3, -0.25) is 9.97 Å². The average Bonchev–Trinajstić information content (AvgIpc) is 4.43. The second-order valence-corrected chi connectivity index (χ2v) is 15.3. The molecule has 0 aliphatic carbocycles. The summed E-state index contributed by atoms with van der Waals surface area (Å²) in [7, 11) is 0. The molecule has 14 rings (SSSR count). The van der Waals surface area contributed by atoms with Crippen LogP contribution >= 0.6 is 22.7 Å². The fraction of sp³-hybridized carbons (Fsp3) is 0.212. The van der Waals surface area contributed by atoms with E-state index >= 15 is 0 Å². The molecule has 0 spiro atoms. The Hall–Kier alpha value is -8.32.